The van der Waals surface area contributed by atoms with Gasteiger partial charge in [-0.3, -0.25) is 24.0 Å². The molecule has 0 aliphatic carbocycles. The van der Waals surface area contributed by atoms with Crippen molar-refractivity contribution in [3.63, 3.8) is 0 Å². The van der Waals surface area contributed by atoms with Crippen LogP contribution in [0.4, 0.5) is 0 Å². The number of ether oxygens (including phenoxy) is 9. The summed E-state index contributed by atoms with van der Waals surface area (Å²) < 4.78 is 61.7. The number of aliphatic hydroxyl groups is 9. The van der Waals surface area contributed by atoms with Crippen molar-refractivity contribution in [2.24, 2.45) is 17.8 Å². The summed E-state index contributed by atoms with van der Waals surface area (Å²) in [6.07, 6.45) is -9.64. The summed E-state index contributed by atoms with van der Waals surface area (Å²) in [7, 11) is -2.02. The normalized spacial score (nSPS) is 29.7. The molecular weight excluding hydrogens is 1130 g/mol. The summed E-state index contributed by atoms with van der Waals surface area (Å²) in [5.41, 5.74) is -1.59. The number of carbonyl (C=O) groups excluding carboxylic acids is 5. The fourth-order valence-corrected chi connectivity index (χ4v) is 9.15. The number of rotatable bonds is 42. The molecule has 32 heteroatoms. The maximum atomic E-state index is 13.6. The number of carbonyl (C=O) groups is 5. The van der Waals surface area contributed by atoms with Crippen LogP contribution in [0.3, 0.4) is 0 Å². The monoisotopic (exact) mass is 1220 g/mol. The zero-order valence-corrected chi connectivity index (χ0v) is 48.9. The van der Waals surface area contributed by atoms with Gasteiger partial charge >= 0.3 is 0 Å². The molecule has 0 radical (unpaired) electrons. The predicted octanol–water partition coefficient (Wildman–Crippen LogP) is -5.40. The van der Waals surface area contributed by atoms with Crippen molar-refractivity contribution in [1.82, 2.24) is 26.6 Å². The predicted molar refractivity (Wildman–Crippen MR) is 290 cm³/mol. The number of hydrogen-bond acceptors (Lipinski definition) is 26. The molecule has 7 unspecified atom stereocenters. The molecular formula is C51H94N5O26P. The minimum atomic E-state index is -3.26. The van der Waals surface area contributed by atoms with Crippen molar-refractivity contribution in [3.05, 3.63) is 0 Å². The summed E-state index contributed by atoms with van der Waals surface area (Å²) in [6, 6.07) is 0. The Morgan fingerprint density at radius 1 is 0.482 bits per heavy atom. The van der Waals surface area contributed by atoms with E-state index in [4.69, 9.17) is 51.7 Å². The average Bonchev–Trinajstić information content (AvgIpc) is 3.67. The maximum Gasteiger partial charge on any atom is 0.247 e. The third kappa shape index (κ3) is 26.8. The Morgan fingerprint density at radius 3 is 1.11 bits per heavy atom. The second-order valence-electron chi connectivity index (χ2n) is 20.7. The van der Waals surface area contributed by atoms with Crippen molar-refractivity contribution in [2.75, 3.05) is 119 Å². The minimum absolute atomic E-state index is 0.00579. The minimum Gasteiger partial charge on any atom is -0.394 e. The molecule has 3 fully saturated rings. The van der Waals surface area contributed by atoms with Crippen LogP contribution in [0.15, 0.2) is 0 Å². The quantitative estimate of drug-likeness (QED) is 0.0154. The van der Waals surface area contributed by atoms with Crippen LogP contribution in [0, 0.1) is 17.8 Å². The summed E-state index contributed by atoms with van der Waals surface area (Å²) in [4.78, 5) is 75.1. The molecule has 484 valence electrons. The van der Waals surface area contributed by atoms with Gasteiger partial charge in [0.15, 0.2) is 18.9 Å². The Hall–Kier alpha value is -3.19. The highest BCUT2D eigenvalue weighted by atomic mass is 31.2. The van der Waals surface area contributed by atoms with Crippen LogP contribution < -0.4 is 26.6 Å². The van der Waals surface area contributed by atoms with Gasteiger partial charge in [-0.15, -0.1) is 0 Å². The van der Waals surface area contributed by atoms with Crippen molar-refractivity contribution < 1.29 is 127 Å². The Morgan fingerprint density at radius 2 is 0.795 bits per heavy atom. The third-order valence-corrected chi connectivity index (χ3v) is 15.0. The second-order valence-corrected chi connectivity index (χ2v) is 22.6. The summed E-state index contributed by atoms with van der Waals surface area (Å²) >= 11 is 0. The van der Waals surface area contributed by atoms with E-state index in [2.05, 4.69) is 32.9 Å². The Kier molecular flexibility index (Phi) is 35.3. The maximum absolute atomic E-state index is 13.6. The Labute approximate surface area is 483 Å². The lowest BCUT2D eigenvalue weighted by molar-refractivity contribution is -0.282. The lowest BCUT2D eigenvalue weighted by Crippen LogP contribution is -2.59. The molecule has 16 atom stereocenters. The van der Waals surface area contributed by atoms with Crippen LogP contribution in [0.5, 0.6) is 0 Å². The first kappa shape index (κ1) is 74.1. The van der Waals surface area contributed by atoms with Crippen LogP contribution in [0.25, 0.3) is 0 Å². The van der Waals surface area contributed by atoms with E-state index in [1.54, 1.807) is 20.8 Å². The van der Waals surface area contributed by atoms with E-state index in [0.717, 1.165) is 0 Å². The Bertz CT molecular complexity index is 1770. The van der Waals surface area contributed by atoms with Crippen LogP contribution in [0.1, 0.15) is 72.1 Å². The summed E-state index contributed by atoms with van der Waals surface area (Å²) in [5.74, 6) is -4.50. The van der Waals surface area contributed by atoms with Gasteiger partial charge in [0, 0.05) is 70.3 Å². The molecule has 0 aromatic carbocycles. The van der Waals surface area contributed by atoms with Gasteiger partial charge in [-0.2, -0.15) is 0 Å². The highest BCUT2D eigenvalue weighted by Crippen LogP contribution is 2.41. The zero-order valence-electron chi connectivity index (χ0n) is 48.0. The van der Waals surface area contributed by atoms with Crippen molar-refractivity contribution in [3.8, 4) is 0 Å². The standard InChI is InChI=1S/C51H94N5O26P/c1-31-42(65)45(68)34(25-57)80-48(31)76-17-6-13-52-37(60)10-21-73-28-51(56-41(64)24-40(63)55-16-9-20-79-83(5,71)72-4,29-74-22-11-38(61)53-14-7-18-77-49-32(2)43(66)46(69)35(26-58)81-49)30-75-23-12-39(62)54-15-8-19-78-50-33(3)44(67)47(70)36(27-59)82-50/h31-36,42-50,57-59,65-71H,5-30H2,1-4H3,(H,52,60)(H,53,61)(H,54,62)(H,55,63)(H,56,64)/t31?,32?,33?,34?,35?,36?,42-,43-,44-,45+,46+,47+,48-,49-,50-,51?,83?/m1/s1. The number of aliphatic hydroxyl groups excluding tert-OH is 9. The SMILES string of the molecule is C=P(O)(OC)OCCCNC(=O)CC(=O)NC(COCCC(=O)NCCCO[C@@H]1OC(CO)[C@H](O)[C@H](O)C1C)(COCCC(=O)NCCCO[C@@H]1OC(CO)[C@H](O)[C@H](O)C1C)COCCC(=O)NCCCO[C@@H]1OC(CO)[C@H](O)[C@H](O)C1C. The van der Waals surface area contributed by atoms with E-state index in [9.17, 15) is 74.8 Å². The molecule has 0 saturated carbocycles. The molecule has 5 amide bonds. The summed E-state index contributed by atoms with van der Waals surface area (Å²) in [6.45, 7) is 2.58. The van der Waals surface area contributed by atoms with Crippen LogP contribution >= 0.6 is 7.57 Å². The fraction of sp³-hybridized carbons (Fsp3) is 0.882. The topological polar surface area (TPSA) is 449 Å². The number of amides is 5. The molecule has 3 heterocycles. The van der Waals surface area contributed by atoms with Gasteiger partial charge in [0.1, 0.15) is 48.6 Å². The lowest BCUT2D eigenvalue weighted by atomic mass is 9.92. The van der Waals surface area contributed by atoms with E-state index < -0.39 is 160 Å². The number of nitrogens with one attached hydrogen (secondary N) is 5. The molecule has 15 N–H and O–H groups in total. The first-order valence-electron chi connectivity index (χ1n) is 28.0. The molecule has 0 aromatic rings. The van der Waals surface area contributed by atoms with E-state index in [0.29, 0.717) is 19.3 Å². The van der Waals surface area contributed by atoms with Crippen molar-refractivity contribution in [1.29, 1.82) is 0 Å². The van der Waals surface area contributed by atoms with Gasteiger partial charge in [-0.1, -0.05) is 20.8 Å². The molecule has 0 aromatic heterocycles. The third-order valence-electron chi connectivity index (χ3n) is 13.8. The van der Waals surface area contributed by atoms with E-state index in [1.165, 1.54) is 7.11 Å². The molecule has 3 rings (SSSR count). The van der Waals surface area contributed by atoms with E-state index >= 15 is 0 Å². The molecule has 83 heavy (non-hydrogen) atoms. The van der Waals surface area contributed by atoms with Crippen molar-refractivity contribution in [2.45, 2.75) is 151 Å². The van der Waals surface area contributed by atoms with E-state index in [1.807, 2.05) is 0 Å². The second kappa shape index (κ2) is 39.6. The van der Waals surface area contributed by atoms with Gasteiger partial charge in [0.25, 0.3) is 0 Å². The number of hydrogen-bond donors (Lipinski definition) is 15. The molecule has 3 aliphatic heterocycles. The van der Waals surface area contributed by atoms with Crippen LogP contribution in [0.2, 0.25) is 0 Å². The molecule has 3 aliphatic rings. The largest absolute Gasteiger partial charge is 0.394 e. The van der Waals surface area contributed by atoms with Gasteiger partial charge in [0.05, 0.1) is 104 Å². The van der Waals surface area contributed by atoms with Crippen molar-refractivity contribution >= 4 is 43.4 Å². The molecule has 31 nitrogen and oxygen atoms in total. The molecule has 0 bridgehead atoms. The van der Waals surface area contributed by atoms with Gasteiger partial charge < -0.3 is 129 Å². The highest BCUT2D eigenvalue weighted by molar-refractivity contribution is 7.58. The Balaban J connectivity index is 1.62. The fourth-order valence-electron chi connectivity index (χ4n) is 8.63. The zero-order chi connectivity index (χ0) is 61.5. The highest BCUT2D eigenvalue weighted by Gasteiger charge is 2.45. The van der Waals surface area contributed by atoms with Gasteiger partial charge in [0.2, 0.25) is 37.1 Å². The first-order chi connectivity index (χ1) is 39.5. The van der Waals surface area contributed by atoms with Crippen LogP contribution in [-0.4, -0.2) is 285 Å². The smallest absolute Gasteiger partial charge is 0.247 e. The van der Waals surface area contributed by atoms with Gasteiger partial charge in [-0.25, -0.2) is 0 Å². The van der Waals surface area contributed by atoms with Gasteiger partial charge in [-0.05, 0) is 32.0 Å². The van der Waals surface area contributed by atoms with E-state index in [-0.39, 0.29) is 118 Å². The first-order valence-corrected chi connectivity index (χ1v) is 29.8. The lowest BCUT2D eigenvalue weighted by Gasteiger charge is -2.40. The average molecular weight is 1220 g/mol. The van der Waals surface area contributed by atoms with Crippen LogP contribution in [-0.2, 0) is 75.7 Å². The summed E-state index contributed by atoms with van der Waals surface area (Å²) in [5, 5.41) is 103. The molecule has 3 saturated heterocycles. The molecule has 0 spiro atoms.